The summed E-state index contributed by atoms with van der Waals surface area (Å²) in [6, 6.07) is 15.3. The molecule has 0 fully saturated rings. The lowest BCUT2D eigenvalue weighted by Gasteiger charge is -2.17. The van der Waals surface area contributed by atoms with Crippen molar-refractivity contribution in [3.8, 4) is 0 Å². The number of guanidine groups is 1. The van der Waals surface area contributed by atoms with Gasteiger partial charge in [-0.1, -0.05) is 36.4 Å². The quantitative estimate of drug-likeness (QED) is 0.420. The van der Waals surface area contributed by atoms with Crippen molar-refractivity contribution in [2.75, 3.05) is 33.2 Å². The second-order valence-electron chi connectivity index (χ2n) is 6.72. The predicted octanol–water partition coefficient (Wildman–Crippen LogP) is 1.76. The fraction of sp³-hybridized carbons (Fsp3) is 0.409. The fourth-order valence-electron chi connectivity index (χ4n) is 2.73. The third kappa shape index (κ3) is 8.31. The predicted molar refractivity (Wildman–Crippen MR) is 116 cm³/mol. The molecule has 1 heterocycles. The number of aromatic nitrogens is 1. The monoisotopic (exact) mass is 397 g/mol. The SMILES string of the molecule is CCNC(=NCC(=O)N(C)CCc1ccccn1)NCCC(O)c1ccccc1. The van der Waals surface area contributed by atoms with Crippen LogP contribution in [-0.4, -0.2) is 60.1 Å². The Morgan fingerprint density at radius 2 is 1.93 bits per heavy atom. The molecule has 0 spiro atoms. The summed E-state index contributed by atoms with van der Waals surface area (Å²) in [5.74, 6) is 0.515. The number of carbonyl (C=O) groups is 1. The van der Waals surface area contributed by atoms with Gasteiger partial charge in [-0.25, -0.2) is 4.99 Å². The summed E-state index contributed by atoms with van der Waals surface area (Å²) < 4.78 is 0. The highest BCUT2D eigenvalue weighted by Gasteiger charge is 2.10. The van der Waals surface area contributed by atoms with Gasteiger partial charge in [0.1, 0.15) is 6.54 Å². The molecule has 2 rings (SSSR count). The van der Waals surface area contributed by atoms with Crippen molar-refractivity contribution >= 4 is 11.9 Å². The number of aliphatic hydroxyl groups excluding tert-OH is 1. The Kier molecular flexibility index (Phi) is 9.65. The third-order valence-corrected chi connectivity index (χ3v) is 4.47. The normalized spacial score (nSPS) is 12.3. The molecule has 156 valence electrons. The molecule has 0 bridgehead atoms. The second-order valence-corrected chi connectivity index (χ2v) is 6.72. The maximum absolute atomic E-state index is 12.3. The number of nitrogens with one attached hydrogen (secondary N) is 2. The summed E-state index contributed by atoms with van der Waals surface area (Å²) in [6.07, 6.45) is 2.48. The van der Waals surface area contributed by atoms with Crippen LogP contribution in [0.3, 0.4) is 0 Å². The molecule has 1 amide bonds. The molecule has 1 unspecified atom stereocenters. The zero-order chi connectivity index (χ0) is 20.9. The molecule has 0 aliphatic rings. The zero-order valence-corrected chi connectivity index (χ0v) is 17.2. The summed E-state index contributed by atoms with van der Waals surface area (Å²) in [4.78, 5) is 22.6. The Morgan fingerprint density at radius 1 is 1.17 bits per heavy atom. The van der Waals surface area contributed by atoms with Crippen LogP contribution < -0.4 is 10.6 Å². The first kappa shape index (κ1) is 22.4. The van der Waals surface area contributed by atoms with Gasteiger partial charge in [0, 0.05) is 45.0 Å². The summed E-state index contributed by atoms with van der Waals surface area (Å²) in [6.45, 7) is 3.87. The van der Waals surface area contributed by atoms with E-state index in [1.54, 1.807) is 18.1 Å². The summed E-state index contributed by atoms with van der Waals surface area (Å²) in [5.41, 5.74) is 1.85. The minimum Gasteiger partial charge on any atom is -0.388 e. The zero-order valence-electron chi connectivity index (χ0n) is 17.2. The summed E-state index contributed by atoms with van der Waals surface area (Å²) in [5, 5.41) is 16.5. The van der Waals surface area contributed by atoms with Gasteiger partial charge >= 0.3 is 0 Å². The molecule has 0 aliphatic carbocycles. The lowest BCUT2D eigenvalue weighted by molar-refractivity contribution is -0.128. The van der Waals surface area contributed by atoms with Crippen molar-refractivity contribution in [1.82, 2.24) is 20.5 Å². The molecule has 3 N–H and O–H groups in total. The maximum Gasteiger partial charge on any atom is 0.244 e. The van der Waals surface area contributed by atoms with Gasteiger partial charge in [-0.3, -0.25) is 9.78 Å². The molecule has 0 saturated carbocycles. The third-order valence-electron chi connectivity index (χ3n) is 4.47. The highest BCUT2D eigenvalue weighted by atomic mass is 16.3. The van der Waals surface area contributed by atoms with Gasteiger partial charge in [-0.05, 0) is 31.0 Å². The minimum absolute atomic E-state index is 0.0533. The van der Waals surface area contributed by atoms with Gasteiger partial charge in [-0.2, -0.15) is 0 Å². The Bertz CT molecular complexity index is 752. The number of likely N-dealkylation sites (N-methyl/N-ethyl adjacent to an activating group) is 1. The van der Waals surface area contributed by atoms with Crippen molar-refractivity contribution in [2.45, 2.75) is 25.9 Å². The first-order valence-electron chi connectivity index (χ1n) is 9.99. The lowest BCUT2D eigenvalue weighted by atomic mass is 10.1. The number of aliphatic imine (C=N–C) groups is 1. The Morgan fingerprint density at radius 3 is 2.62 bits per heavy atom. The first-order valence-corrected chi connectivity index (χ1v) is 9.99. The number of aliphatic hydroxyl groups is 1. The average molecular weight is 398 g/mol. The van der Waals surface area contributed by atoms with Gasteiger partial charge in [0.25, 0.3) is 0 Å². The molecule has 1 aromatic heterocycles. The highest BCUT2D eigenvalue weighted by Crippen LogP contribution is 2.14. The van der Waals surface area contributed by atoms with Crippen LogP contribution in [0.4, 0.5) is 0 Å². The van der Waals surface area contributed by atoms with Gasteiger partial charge in [0.2, 0.25) is 5.91 Å². The molecular formula is C22H31N5O2. The van der Waals surface area contributed by atoms with Crippen LogP contribution in [0.25, 0.3) is 0 Å². The van der Waals surface area contributed by atoms with Crippen LogP contribution in [0, 0.1) is 0 Å². The number of benzene rings is 1. The second kappa shape index (κ2) is 12.5. The molecule has 0 saturated heterocycles. The molecule has 2 aromatic rings. The van der Waals surface area contributed by atoms with Gasteiger partial charge in [0.05, 0.1) is 6.10 Å². The van der Waals surface area contributed by atoms with Crippen LogP contribution in [-0.2, 0) is 11.2 Å². The standard InChI is InChI=1S/C22H31N5O2/c1-3-23-22(25-15-12-20(28)18-9-5-4-6-10-18)26-17-21(29)27(2)16-13-19-11-7-8-14-24-19/h4-11,14,20,28H,3,12-13,15-17H2,1-2H3,(H2,23,25,26). The van der Waals surface area contributed by atoms with E-state index in [4.69, 9.17) is 0 Å². The topological polar surface area (TPSA) is 89.9 Å². The van der Waals surface area contributed by atoms with Crippen LogP contribution in [0.2, 0.25) is 0 Å². The van der Waals surface area contributed by atoms with E-state index in [1.807, 2.05) is 55.5 Å². The molecule has 0 radical (unpaired) electrons. The van der Waals surface area contributed by atoms with E-state index in [-0.39, 0.29) is 12.5 Å². The molecule has 1 atom stereocenters. The average Bonchev–Trinajstić information content (AvgIpc) is 2.76. The van der Waals surface area contributed by atoms with E-state index in [9.17, 15) is 9.90 Å². The Balaban J connectivity index is 1.77. The fourth-order valence-corrected chi connectivity index (χ4v) is 2.73. The lowest BCUT2D eigenvalue weighted by Crippen LogP contribution is -2.39. The van der Waals surface area contributed by atoms with Crippen LogP contribution in [0.1, 0.15) is 30.7 Å². The van der Waals surface area contributed by atoms with E-state index in [1.165, 1.54) is 0 Å². The van der Waals surface area contributed by atoms with Gasteiger partial charge < -0.3 is 20.6 Å². The van der Waals surface area contributed by atoms with Crippen LogP contribution >= 0.6 is 0 Å². The number of rotatable bonds is 10. The van der Waals surface area contributed by atoms with E-state index in [0.29, 0.717) is 38.4 Å². The van der Waals surface area contributed by atoms with Crippen molar-refractivity contribution in [3.63, 3.8) is 0 Å². The number of hydrogen-bond donors (Lipinski definition) is 3. The highest BCUT2D eigenvalue weighted by molar-refractivity contribution is 5.84. The van der Waals surface area contributed by atoms with Crippen LogP contribution in [0.5, 0.6) is 0 Å². The summed E-state index contributed by atoms with van der Waals surface area (Å²) in [7, 11) is 1.78. The number of pyridine rings is 1. The van der Waals surface area contributed by atoms with Gasteiger partial charge in [-0.15, -0.1) is 0 Å². The molecular weight excluding hydrogens is 366 g/mol. The first-order chi connectivity index (χ1) is 14.1. The minimum atomic E-state index is -0.536. The number of carbonyl (C=O) groups excluding carboxylic acids is 1. The van der Waals surface area contributed by atoms with Gasteiger partial charge in [0.15, 0.2) is 5.96 Å². The summed E-state index contributed by atoms with van der Waals surface area (Å²) >= 11 is 0. The largest absolute Gasteiger partial charge is 0.388 e. The van der Waals surface area contributed by atoms with E-state index >= 15 is 0 Å². The Labute approximate surface area is 172 Å². The van der Waals surface area contributed by atoms with Crippen molar-refractivity contribution in [1.29, 1.82) is 0 Å². The van der Waals surface area contributed by atoms with Crippen molar-refractivity contribution in [3.05, 3.63) is 66.0 Å². The van der Waals surface area contributed by atoms with E-state index in [2.05, 4.69) is 20.6 Å². The molecule has 1 aromatic carbocycles. The molecule has 0 aliphatic heterocycles. The van der Waals surface area contributed by atoms with E-state index in [0.717, 1.165) is 11.3 Å². The number of hydrogen-bond acceptors (Lipinski definition) is 4. The van der Waals surface area contributed by atoms with Crippen molar-refractivity contribution in [2.24, 2.45) is 4.99 Å². The number of nitrogens with zero attached hydrogens (tertiary/aromatic N) is 3. The molecule has 7 nitrogen and oxygen atoms in total. The number of amides is 1. The maximum atomic E-state index is 12.3. The Hall–Kier alpha value is -2.93. The molecule has 29 heavy (non-hydrogen) atoms. The van der Waals surface area contributed by atoms with Crippen LogP contribution in [0.15, 0.2) is 59.7 Å². The van der Waals surface area contributed by atoms with Crippen molar-refractivity contribution < 1.29 is 9.90 Å². The smallest absolute Gasteiger partial charge is 0.244 e. The van der Waals surface area contributed by atoms with E-state index < -0.39 is 6.10 Å². The molecule has 7 heteroatoms.